The number of nitrogens with zero attached hydrogens (tertiary/aromatic N) is 2. The molecular weight excluding hydrogens is 252 g/mol. The number of hydrogen-bond acceptors (Lipinski definition) is 3. The second kappa shape index (κ2) is 5.27. The van der Waals surface area contributed by atoms with E-state index in [1.807, 2.05) is 56.9 Å². The summed E-state index contributed by atoms with van der Waals surface area (Å²) in [5.41, 5.74) is 2.57. The average Bonchev–Trinajstić information content (AvgIpc) is 2.37. The molecule has 0 radical (unpaired) electrons. The third-order valence-electron chi connectivity index (χ3n) is 3.69. The van der Waals surface area contributed by atoms with E-state index in [4.69, 9.17) is 5.21 Å². The summed E-state index contributed by atoms with van der Waals surface area (Å²) in [6.45, 7) is 8.14. The molecule has 0 bridgehead atoms. The molecule has 0 saturated carbocycles. The van der Waals surface area contributed by atoms with E-state index >= 15 is 0 Å². The number of aryl methyl sites for hydroxylation is 1. The van der Waals surface area contributed by atoms with E-state index in [1.54, 1.807) is 0 Å². The monoisotopic (exact) mass is 274 g/mol. The third kappa shape index (κ3) is 2.84. The molecule has 1 heterocycles. The second-order valence-electron chi connectivity index (χ2n) is 6.41. The Kier molecular flexibility index (Phi) is 3.84. The van der Waals surface area contributed by atoms with Crippen molar-refractivity contribution < 1.29 is 10.0 Å². The van der Waals surface area contributed by atoms with E-state index in [1.165, 1.54) is 5.56 Å². The van der Waals surface area contributed by atoms with Gasteiger partial charge >= 0.3 is 0 Å². The van der Waals surface area contributed by atoms with Crippen LogP contribution in [0.1, 0.15) is 50.8 Å². The van der Waals surface area contributed by atoms with Crippen molar-refractivity contribution in [3.05, 3.63) is 35.4 Å². The van der Waals surface area contributed by atoms with Gasteiger partial charge in [0, 0.05) is 12.0 Å². The van der Waals surface area contributed by atoms with Crippen LogP contribution in [-0.4, -0.2) is 27.3 Å². The van der Waals surface area contributed by atoms with Crippen molar-refractivity contribution in [2.45, 2.75) is 52.1 Å². The van der Waals surface area contributed by atoms with Gasteiger partial charge in [0.25, 0.3) is 0 Å². The molecule has 0 aliphatic carbocycles. The average molecular weight is 274 g/mol. The molecule has 1 fully saturated rings. The smallest absolute Gasteiger partial charge is 0.229 e. The van der Waals surface area contributed by atoms with Crippen LogP contribution >= 0.6 is 0 Å². The van der Waals surface area contributed by atoms with E-state index in [-0.39, 0.29) is 23.9 Å². The molecule has 0 aromatic heterocycles. The Balaban J connectivity index is 2.43. The van der Waals surface area contributed by atoms with Crippen LogP contribution in [0.5, 0.6) is 0 Å². The first kappa shape index (κ1) is 14.6. The topological polar surface area (TPSA) is 52.9 Å². The highest BCUT2D eigenvalue weighted by Crippen LogP contribution is 2.35. The highest BCUT2D eigenvalue weighted by molar-refractivity contribution is 6.03. The van der Waals surface area contributed by atoms with Crippen LogP contribution in [0, 0.1) is 6.92 Å². The molecule has 1 aliphatic heterocycles. The fraction of sp³-hybridized carbons (Fsp3) is 0.500. The summed E-state index contributed by atoms with van der Waals surface area (Å²) >= 11 is 0. The van der Waals surface area contributed by atoms with Crippen LogP contribution in [0.3, 0.4) is 0 Å². The molecule has 1 aromatic rings. The van der Waals surface area contributed by atoms with E-state index in [0.29, 0.717) is 12.1 Å². The Morgan fingerprint density at radius 1 is 1.25 bits per heavy atom. The van der Waals surface area contributed by atoms with Crippen molar-refractivity contribution in [1.29, 1.82) is 0 Å². The van der Waals surface area contributed by atoms with E-state index in [0.717, 1.165) is 5.56 Å². The van der Waals surface area contributed by atoms with Crippen LogP contribution in [-0.2, 0) is 4.79 Å². The maximum Gasteiger partial charge on any atom is 0.229 e. The van der Waals surface area contributed by atoms with Crippen molar-refractivity contribution >= 4 is 11.6 Å². The lowest BCUT2D eigenvalue weighted by Gasteiger charge is -2.45. The van der Waals surface area contributed by atoms with Crippen molar-refractivity contribution in [3.63, 3.8) is 0 Å². The maximum atomic E-state index is 12.4. The molecule has 1 atom stereocenters. The Hall–Kier alpha value is -1.84. The fourth-order valence-corrected chi connectivity index (χ4v) is 2.79. The van der Waals surface area contributed by atoms with Crippen molar-refractivity contribution in [2.75, 3.05) is 0 Å². The Morgan fingerprint density at radius 2 is 1.85 bits per heavy atom. The van der Waals surface area contributed by atoms with Gasteiger partial charge in [0.15, 0.2) is 0 Å². The lowest BCUT2D eigenvalue weighted by atomic mass is 9.88. The number of benzene rings is 1. The molecule has 1 aliphatic rings. The van der Waals surface area contributed by atoms with E-state index in [9.17, 15) is 4.79 Å². The lowest BCUT2D eigenvalue weighted by molar-refractivity contribution is -0.139. The zero-order valence-corrected chi connectivity index (χ0v) is 12.6. The quantitative estimate of drug-likeness (QED) is 0.631. The fourth-order valence-electron chi connectivity index (χ4n) is 2.79. The number of rotatable bonds is 1. The standard InChI is InChI=1S/C16H22N2O2/c1-11-5-7-12(8-6-11)14-9-13(17-20)10-15(19)18(14)16(2,3)4/h5-8,14,20H,9-10H2,1-4H3/b17-13+. The molecule has 2 rings (SSSR count). The predicted octanol–water partition coefficient (Wildman–Crippen LogP) is 3.29. The molecule has 108 valence electrons. The number of carbonyl (C=O) groups is 1. The highest BCUT2D eigenvalue weighted by Gasteiger charge is 2.39. The van der Waals surface area contributed by atoms with Gasteiger partial charge in [-0.15, -0.1) is 0 Å². The van der Waals surface area contributed by atoms with Gasteiger partial charge in [-0.3, -0.25) is 4.79 Å². The number of amides is 1. The maximum absolute atomic E-state index is 12.4. The number of carbonyl (C=O) groups excluding carboxylic acids is 1. The summed E-state index contributed by atoms with van der Waals surface area (Å²) in [7, 11) is 0. The third-order valence-corrected chi connectivity index (χ3v) is 3.69. The van der Waals surface area contributed by atoms with Gasteiger partial charge in [-0.05, 0) is 33.3 Å². The molecule has 1 saturated heterocycles. The van der Waals surface area contributed by atoms with Gasteiger partial charge in [-0.25, -0.2) is 0 Å². The number of likely N-dealkylation sites (tertiary alicyclic amines) is 1. The van der Waals surface area contributed by atoms with Crippen molar-refractivity contribution in [3.8, 4) is 0 Å². The Bertz CT molecular complexity index is 526. The normalized spacial score (nSPS) is 22.4. The van der Waals surface area contributed by atoms with Crippen molar-refractivity contribution in [2.24, 2.45) is 5.16 Å². The SMILES string of the molecule is Cc1ccc(C2C/C(=N\O)CC(=O)N2C(C)(C)C)cc1. The van der Waals surface area contributed by atoms with E-state index in [2.05, 4.69) is 5.16 Å². The van der Waals surface area contributed by atoms with Crippen LogP contribution in [0.2, 0.25) is 0 Å². The van der Waals surface area contributed by atoms with Crippen LogP contribution in [0.4, 0.5) is 0 Å². The van der Waals surface area contributed by atoms with Gasteiger partial charge in [-0.1, -0.05) is 35.0 Å². The van der Waals surface area contributed by atoms with Gasteiger partial charge in [0.1, 0.15) is 0 Å². The summed E-state index contributed by atoms with van der Waals surface area (Å²) in [6, 6.07) is 8.12. The summed E-state index contributed by atoms with van der Waals surface area (Å²) < 4.78 is 0. The van der Waals surface area contributed by atoms with E-state index < -0.39 is 0 Å². The first-order valence-electron chi connectivity index (χ1n) is 6.91. The minimum atomic E-state index is -0.256. The van der Waals surface area contributed by atoms with Gasteiger partial charge in [0.05, 0.1) is 18.2 Å². The zero-order valence-electron chi connectivity index (χ0n) is 12.6. The molecule has 20 heavy (non-hydrogen) atoms. The summed E-state index contributed by atoms with van der Waals surface area (Å²) in [6.07, 6.45) is 0.790. The lowest BCUT2D eigenvalue weighted by Crippen LogP contribution is -2.51. The first-order chi connectivity index (χ1) is 9.32. The molecule has 1 amide bonds. The molecule has 1 unspecified atom stereocenters. The first-order valence-corrected chi connectivity index (χ1v) is 6.91. The molecule has 1 aromatic carbocycles. The number of piperidine rings is 1. The summed E-state index contributed by atoms with van der Waals surface area (Å²) in [4.78, 5) is 14.3. The molecule has 0 spiro atoms. The van der Waals surface area contributed by atoms with Crippen LogP contribution in [0.15, 0.2) is 29.4 Å². The van der Waals surface area contributed by atoms with Gasteiger partial charge in [0.2, 0.25) is 5.91 Å². The summed E-state index contributed by atoms with van der Waals surface area (Å²) in [5, 5.41) is 12.3. The minimum Gasteiger partial charge on any atom is -0.411 e. The molecule has 4 heteroatoms. The summed E-state index contributed by atoms with van der Waals surface area (Å²) in [5.74, 6) is 0.0159. The Morgan fingerprint density at radius 3 is 2.35 bits per heavy atom. The Labute approximate surface area is 120 Å². The van der Waals surface area contributed by atoms with Crippen molar-refractivity contribution in [1.82, 2.24) is 4.90 Å². The predicted molar refractivity (Wildman–Crippen MR) is 79.0 cm³/mol. The van der Waals surface area contributed by atoms with Gasteiger partial charge < -0.3 is 10.1 Å². The number of oxime groups is 1. The number of hydrogen-bond donors (Lipinski definition) is 1. The van der Waals surface area contributed by atoms with Crippen LogP contribution in [0.25, 0.3) is 0 Å². The van der Waals surface area contributed by atoms with Crippen LogP contribution < -0.4 is 0 Å². The van der Waals surface area contributed by atoms with Gasteiger partial charge in [-0.2, -0.15) is 0 Å². The molecule has 1 N–H and O–H groups in total. The second-order valence-corrected chi connectivity index (χ2v) is 6.41. The molecular formula is C16H22N2O2. The highest BCUT2D eigenvalue weighted by atomic mass is 16.4. The zero-order chi connectivity index (χ0) is 14.9. The largest absolute Gasteiger partial charge is 0.411 e. The molecule has 4 nitrogen and oxygen atoms in total. The minimum absolute atomic E-state index is 0.0159.